The summed E-state index contributed by atoms with van der Waals surface area (Å²) in [6.45, 7) is 5.97. The molecular weight excluding hydrogens is 454 g/mol. The lowest BCUT2D eigenvalue weighted by atomic mass is 10.2. The number of urea groups is 1. The van der Waals surface area contributed by atoms with Gasteiger partial charge in [-0.2, -0.15) is 0 Å². The van der Waals surface area contributed by atoms with Crippen molar-refractivity contribution in [3.8, 4) is 0 Å². The van der Waals surface area contributed by atoms with Gasteiger partial charge < -0.3 is 14.7 Å². The summed E-state index contributed by atoms with van der Waals surface area (Å²) in [5, 5.41) is 0. The summed E-state index contributed by atoms with van der Waals surface area (Å²) in [4.78, 5) is 37.3. The van der Waals surface area contributed by atoms with Crippen molar-refractivity contribution in [3.05, 3.63) is 53.9 Å². The van der Waals surface area contributed by atoms with E-state index in [0.29, 0.717) is 16.9 Å². The number of carbonyl (C=O) groups is 2. The van der Waals surface area contributed by atoms with E-state index >= 15 is 0 Å². The van der Waals surface area contributed by atoms with Crippen LogP contribution in [-0.2, 0) is 16.4 Å². The second-order valence-corrected chi connectivity index (χ2v) is 11.2. The number of carbonyl (C=O) groups excluding carboxylic acids is 2. The lowest BCUT2D eigenvalue weighted by Gasteiger charge is -2.35. The Morgan fingerprint density at radius 1 is 0.941 bits per heavy atom. The molecule has 2 fully saturated rings. The monoisotopic (exact) mass is 485 g/mol. The van der Waals surface area contributed by atoms with E-state index in [4.69, 9.17) is 0 Å². The van der Waals surface area contributed by atoms with E-state index in [1.54, 1.807) is 21.9 Å². The summed E-state index contributed by atoms with van der Waals surface area (Å²) in [6, 6.07) is 11.1. The molecule has 10 heteroatoms. The molecule has 2 aliphatic heterocycles. The number of hydrogen-bond acceptors (Lipinski definition) is 7. The van der Waals surface area contributed by atoms with Crippen molar-refractivity contribution in [2.45, 2.75) is 13.5 Å². The SMILES string of the molecule is CC(=O)c1ccc(CN(C(=O)N2CCS(=O)(=O)CC2)c2ccc(N3CCN(C)CC3)cc2)nc1. The highest BCUT2D eigenvalue weighted by Gasteiger charge is 2.29. The molecule has 2 aliphatic rings. The third-order valence-corrected chi connectivity index (χ3v) is 8.04. The zero-order valence-electron chi connectivity index (χ0n) is 19.7. The molecule has 1 aromatic heterocycles. The minimum atomic E-state index is -3.10. The van der Waals surface area contributed by atoms with Crippen LogP contribution in [0.15, 0.2) is 42.6 Å². The first-order chi connectivity index (χ1) is 16.2. The van der Waals surface area contributed by atoms with Gasteiger partial charge in [0, 0.05) is 62.4 Å². The predicted octanol–water partition coefficient (Wildman–Crippen LogP) is 1.89. The summed E-state index contributed by atoms with van der Waals surface area (Å²) < 4.78 is 23.7. The van der Waals surface area contributed by atoms with Crippen molar-refractivity contribution < 1.29 is 18.0 Å². The van der Waals surface area contributed by atoms with E-state index in [1.165, 1.54) is 13.1 Å². The molecule has 4 rings (SSSR count). The number of likely N-dealkylation sites (N-methyl/N-ethyl adjacent to an activating group) is 1. The first-order valence-electron chi connectivity index (χ1n) is 11.5. The Labute approximate surface area is 200 Å². The number of pyridine rings is 1. The number of hydrogen-bond donors (Lipinski definition) is 0. The smallest absolute Gasteiger partial charge is 0.324 e. The van der Waals surface area contributed by atoms with Crippen molar-refractivity contribution in [2.24, 2.45) is 0 Å². The molecule has 34 heavy (non-hydrogen) atoms. The Bertz CT molecular complexity index is 1110. The molecular formula is C24H31N5O4S. The molecule has 2 aromatic rings. The highest BCUT2D eigenvalue weighted by atomic mass is 32.2. The largest absolute Gasteiger partial charge is 0.369 e. The van der Waals surface area contributed by atoms with Crippen LogP contribution in [0.25, 0.3) is 0 Å². The summed E-state index contributed by atoms with van der Waals surface area (Å²) in [5.41, 5.74) is 2.98. The maximum Gasteiger partial charge on any atom is 0.324 e. The van der Waals surface area contributed by atoms with Gasteiger partial charge in [0.05, 0.1) is 23.7 Å². The average Bonchev–Trinajstić information content (AvgIpc) is 2.83. The summed E-state index contributed by atoms with van der Waals surface area (Å²) in [7, 11) is -0.981. The number of sulfone groups is 1. The standard InChI is InChI=1S/C24H31N5O4S/c1-19(30)20-3-4-21(25-17-20)18-29(24(31)28-13-15-34(32,33)16-14-28)23-7-5-22(6-8-23)27-11-9-26(2)10-12-27/h3-8,17H,9-16,18H2,1-2H3. The van der Waals surface area contributed by atoms with E-state index < -0.39 is 9.84 Å². The first kappa shape index (κ1) is 24.2. The number of nitrogens with zero attached hydrogens (tertiary/aromatic N) is 5. The van der Waals surface area contributed by atoms with E-state index in [2.05, 4.69) is 21.8 Å². The summed E-state index contributed by atoms with van der Waals surface area (Å²) in [6.07, 6.45) is 1.52. The maximum atomic E-state index is 13.5. The van der Waals surface area contributed by atoms with Gasteiger partial charge >= 0.3 is 6.03 Å². The van der Waals surface area contributed by atoms with E-state index in [-0.39, 0.29) is 43.0 Å². The fraction of sp³-hybridized carbons (Fsp3) is 0.458. The van der Waals surface area contributed by atoms with Gasteiger partial charge in [-0.05, 0) is 50.4 Å². The van der Waals surface area contributed by atoms with E-state index in [0.717, 1.165) is 31.9 Å². The maximum absolute atomic E-state index is 13.5. The van der Waals surface area contributed by atoms with Crippen molar-refractivity contribution in [2.75, 3.05) is 67.6 Å². The predicted molar refractivity (Wildman–Crippen MR) is 132 cm³/mol. The number of ketones is 1. The van der Waals surface area contributed by atoms with Gasteiger partial charge in [0.15, 0.2) is 15.6 Å². The summed E-state index contributed by atoms with van der Waals surface area (Å²) >= 11 is 0. The second kappa shape index (κ2) is 10.1. The molecule has 0 unspecified atom stereocenters. The molecule has 0 N–H and O–H groups in total. The van der Waals surface area contributed by atoms with Crippen LogP contribution in [0.1, 0.15) is 23.0 Å². The molecule has 2 amide bonds. The van der Waals surface area contributed by atoms with Crippen LogP contribution < -0.4 is 9.80 Å². The Kier molecular flexibility index (Phi) is 7.18. The minimum Gasteiger partial charge on any atom is -0.369 e. The lowest BCUT2D eigenvalue weighted by molar-refractivity contribution is 0.101. The topological polar surface area (TPSA) is 94.1 Å². The van der Waals surface area contributed by atoms with Gasteiger partial charge in [-0.1, -0.05) is 0 Å². The fourth-order valence-electron chi connectivity index (χ4n) is 4.14. The van der Waals surface area contributed by atoms with Crippen molar-refractivity contribution >= 4 is 33.0 Å². The number of piperazine rings is 1. The Balaban J connectivity index is 1.56. The molecule has 1 aromatic carbocycles. The molecule has 0 atom stereocenters. The van der Waals surface area contributed by atoms with Gasteiger partial charge in [-0.25, -0.2) is 13.2 Å². The Morgan fingerprint density at radius 2 is 1.59 bits per heavy atom. The van der Waals surface area contributed by atoms with Gasteiger partial charge in [0.1, 0.15) is 0 Å². The Morgan fingerprint density at radius 3 is 2.15 bits per heavy atom. The lowest BCUT2D eigenvalue weighted by Crippen LogP contribution is -2.49. The van der Waals surface area contributed by atoms with Gasteiger partial charge in [0.25, 0.3) is 0 Å². The van der Waals surface area contributed by atoms with Crippen LogP contribution >= 0.6 is 0 Å². The van der Waals surface area contributed by atoms with Crippen molar-refractivity contribution in [1.29, 1.82) is 0 Å². The van der Waals surface area contributed by atoms with Gasteiger partial charge in [0.2, 0.25) is 0 Å². The molecule has 0 radical (unpaired) electrons. The zero-order chi connectivity index (χ0) is 24.3. The minimum absolute atomic E-state index is 0.0273. The Hall–Kier alpha value is -2.98. The van der Waals surface area contributed by atoms with Crippen LogP contribution in [0.4, 0.5) is 16.2 Å². The van der Waals surface area contributed by atoms with E-state index in [1.807, 2.05) is 24.3 Å². The fourth-order valence-corrected chi connectivity index (χ4v) is 5.34. The molecule has 0 saturated carbocycles. The molecule has 2 saturated heterocycles. The summed E-state index contributed by atoms with van der Waals surface area (Å²) in [5.74, 6) is -0.123. The molecule has 9 nitrogen and oxygen atoms in total. The highest BCUT2D eigenvalue weighted by Crippen LogP contribution is 2.25. The van der Waals surface area contributed by atoms with E-state index in [9.17, 15) is 18.0 Å². The number of benzene rings is 1. The number of Topliss-reactive ketones (excluding diaryl/α,β-unsaturated/α-hetero) is 1. The zero-order valence-corrected chi connectivity index (χ0v) is 20.5. The quantitative estimate of drug-likeness (QED) is 0.597. The normalized spacial score (nSPS) is 18.5. The van der Waals surface area contributed by atoms with Crippen LogP contribution in [0, 0.1) is 0 Å². The third kappa shape index (κ3) is 5.74. The van der Waals surface area contributed by atoms with Crippen LogP contribution in [0.5, 0.6) is 0 Å². The van der Waals surface area contributed by atoms with Crippen LogP contribution in [0.2, 0.25) is 0 Å². The van der Waals surface area contributed by atoms with Gasteiger partial charge in [-0.3, -0.25) is 14.7 Å². The number of rotatable bonds is 5. The van der Waals surface area contributed by atoms with Gasteiger partial charge in [-0.15, -0.1) is 0 Å². The number of amides is 2. The molecule has 182 valence electrons. The number of anilines is 2. The highest BCUT2D eigenvalue weighted by molar-refractivity contribution is 7.91. The van der Waals surface area contributed by atoms with Crippen molar-refractivity contribution in [1.82, 2.24) is 14.8 Å². The molecule has 0 bridgehead atoms. The van der Waals surface area contributed by atoms with Crippen LogP contribution in [-0.4, -0.2) is 92.8 Å². The first-order valence-corrected chi connectivity index (χ1v) is 13.3. The van der Waals surface area contributed by atoms with Crippen molar-refractivity contribution in [3.63, 3.8) is 0 Å². The molecule has 0 aliphatic carbocycles. The molecule has 3 heterocycles. The number of aromatic nitrogens is 1. The second-order valence-electron chi connectivity index (χ2n) is 8.91. The third-order valence-electron chi connectivity index (χ3n) is 6.43. The average molecular weight is 486 g/mol. The molecule has 0 spiro atoms. The van der Waals surface area contributed by atoms with Crippen LogP contribution in [0.3, 0.4) is 0 Å².